The van der Waals surface area contributed by atoms with E-state index in [0.717, 1.165) is 43.7 Å². The summed E-state index contributed by atoms with van der Waals surface area (Å²) in [5, 5.41) is 0. The van der Waals surface area contributed by atoms with Crippen molar-refractivity contribution in [3.8, 4) is 5.75 Å². The summed E-state index contributed by atoms with van der Waals surface area (Å²) < 4.78 is 11.1. The zero-order chi connectivity index (χ0) is 20.0. The Morgan fingerprint density at radius 3 is 2.48 bits per heavy atom. The average molecular weight is 376 g/mol. The summed E-state index contributed by atoms with van der Waals surface area (Å²) in [7, 11) is 1.67. The number of hydrogen-bond donors (Lipinski definition) is 0. The maximum Gasteiger partial charge on any atom is 0.219 e. The van der Waals surface area contributed by atoms with E-state index >= 15 is 0 Å². The van der Waals surface area contributed by atoms with Gasteiger partial charge in [0, 0.05) is 26.6 Å². The van der Waals surface area contributed by atoms with E-state index in [1.165, 1.54) is 0 Å². The second-order valence-corrected chi connectivity index (χ2v) is 8.85. The first-order chi connectivity index (χ1) is 12.7. The van der Waals surface area contributed by atoms with Gasteiger partial charge in [0.05, 0.1) is 12.7 Å². The Bertz CT molecular complexity index is 594. The van der Waals surface area contributed by atoms with Crippen LogP contribution in [0.5, 0.6) is 5.75 Å². The van der Waals surface area contributed by atoms with E-state index < -0.39 is 0 Å². The minimum absolute atomic E-state index is 0.0284. The number of rotatable bonds is 8. The van der Waals surface area contributed by atoms with E-state index in [1.54, 1.807) is 14.0 Å². The van der Waals surface area contributed by atoms with Gasteiger partial charge in [0.25, 0.3) is 0 Å². The number of nitrogens with zero attached hydrogens (tertiary/aromatic N) is 1. The number of benzene rings is 1. The fourth-order valence-electron chi connectivity index (χ4n) is 4.36. The molecule has 1 aliphatic heterocycles. The number of ether oxygens (including phenoxy) is 2. The second-order valence-electron chi connectivity index (χ2n) is 8.85. The molecule has 2 atom stereocenters. The van der Waals surface area contributed by atoms with Crippen LogP contribution in [0.1, 0.15) is 59.4 Å². The summed E-state index contributed by atoms with van der Waals surface area (Å²) in [4.78, 5) is 14.2. The molecular weight excluding hydrogens is 338 g/mol. The van der Waals surface area contributed by atoms with Gasteiger partial charge in [0.15, 0.2) is 0 Å². The van der Waals surface area contributed by atoms with E-state index in [4.69, 9.17) is 9.47 Å². The predicted molar refractivity (Wildman–Crippen MR) is 110 cm³/mol. The predicted octanol–water partition coefficient (Wildman–Crippen LogP) is 4.91. The van der Waals surface area contributed by atoms with Crippen LogP contribution in [0.25, 0.3) is 0 Å². The summed E-state index contributed by atoms with van der Waals surface area (Å²) in [6.45, 7) is 13.0. The smallest absolute Gasteiger partial charge is 0.219 e. The van der Waals surface area contributed by atoms with Crippen molar-refractivity contribution in [2.45, 2.75) is 66.0 Å². The first-order valence-corrected chi connectivity index (χ1v) is 10.2. The molecule has 1 aromatic rings. The molecule has 27 heavy (non-hydrogen) atoms. The highest BCUT2D eigenvalue weighted by atomic mass is 16.5. The molecule has 4 nitrogen and oxygen atoms in total. The molecular formula is C23H37NO3. The van der Waals surface area contributed by atoms with Gasteiger partial charge in [0.1, 0.15) is 5.75 Å². The zero-order valence-corrected chi connectivity index (χ0v) is 18.0. The first kappa shape index (κ1) is 21.7. The van der Waals surface area contributed by atoms with Crippen LogP contribution in [0.2, 0.25) is 0 Å². The van der Waals surface area contributed by atoms with Crippen LogP contribution in [0.3, 0.4) is 0 Å². The van der Waals surface area contributed by atoms with Crippen molar-refractivity contribution < 1.29 is 14.3 Å². The Balaban J connectivity index is 2.00. The number of methoxy groups -OCH3 is 1. The molecule has 2 rings (SSSR count). The first-order valence-electron chi connectivity index (χ1n) is 10.2. The van der Waals surface area contributed by atoms with Crippen molar-refractivity contribution in [1.82, 2.24) is 4.90 Å². The van der Waals surface area contributed by atoms with Crippen molar-refractivity contribution in [3.63, 3.8) is 0 Å². The molecule has 152 valence electrons. The van der Waals surface area contributed by atoms with Gasteiger partial charge in [-0.25, -0.2) is 0 Å². The Hall–Kier alpha value is -1.55. The third-order valence-electron chi connectivity index (χ3n) is 5.91. The average Bonchev–Trinajstić information content (AvgIpc) is 2.60. The standard InChI is InChI=1S/C23H37NO3/c1-17(2)22(20-12-14-27-23(4,5)15-20)11-13-24(18(3)25)16-19-7-9-21(26-6)10-8-19/h7-10,17,20,22H,11-16H2,1-6H3. The van der Waals surface area contributed by atoms with Crippen molar-refractivity contribution in [3.05, 3.63) is 29.8 Å². The maximum absolute atomic E-state index is 12.2. The molecule has 0 spiro atoms. The molecule has 4 heteroatoms. The van der Waals surface area contributed by atoms with Crippen LogP contribution in [0.4, 0.5) is 0 Å². The molecule has 0 N–H and O–H groups in total. The van der Waals surface area contributed by atoms with Gasteiger partial charge in [-0.15, -0.1) is 0 Å². The molecule has 0 saturated carbocycles. The van der Waals surface area contributed by atoms with Crippen molar-refractivity contribution in [2.24, 2.45) is 17.8 Å². The van der Waals surface area contributed by atoms with Crippen LogP contribution in [0.15, 0.2) is 24.3 Å². The van der Waals surface area contributed by atoms with E-state index in [2.05, 4.69) is 27.7 Å². The molecule has 1 aromatic carbocycles. The molecule has 1 amide bonds. The minimum atomic E-state index is -0.0284. The fourth-order valence-corrected chi connectivity index (χ4v) is 4.36. The van der Waals surface area contributed by atoms with E-state index in [0.29, 0.717) is 24.3 Å². The number of amides is 1. The maximum atomic E-state index is 12.2. The lowest BCUT2D eigenvalue weighted by Crippen LogP contribution is -2.39. The van der Waals surface area contributed by atoms with Crippen LogP contribution in [-0.4, -0.2) is 36.7 Å². The Kier molecular flexibility index (Phi) is 7.72. The van der Waals surface area contributed by atoms with Gasteiger partial charge >= 0.3 is 0 Å². The van der Waals surface area contributed by atoms with Gasteiger partial charge < -0.3 is 14.4 Å². The highest BCUT2D eigenvalue weighted by Crippen LogP contribution is 2.38. The van der Waals surface area contributed by atoms with Crippen molar-refractivity contribution >= 4 is 5.91 Å². The fraction of sp³-hybridized carbons (Fsp3) is 0.696. The van der Waals surface area contributed by atoms with Crippen molar-refractivity contribution in [1.29, 1.82) is 0 Å². The molecule has 1 heterocycles. The number of carbonyl (C=O) groups is 1. The van der Waals surface area contributed by atoms with E-state index in [1.807, 2.05) is 29.2 Å². The highest BCUT2D eigenvalue weighted by molar-refractivity contribution is 5.73. The lowest BCUT2D eigenvalue weighted by atomic mass is 9.73. The van der Waals surface area contributed by atoms with Crippen LogP contribution in [0, 0.1) is 17.8 Å². The monoisotopic (exact) mass is 375 g/mol. The Morgan fingerprint density at radius 2 is 1.96 bits per heavy atom. The highest BCUT2D eigenvalue weighted by Gasteiger charge is 2.34. The molecule has 1 aliphatic rings. The third-order valence-corrected chi connectivity index (χ3v) is 5.91. The molecule has 1 fully saturated rings. The number of hydrogen-bond acceptors (Lipinski definition) is 3. The molecule has 0 aliphatic carbocycles. The van der Waals surface area contributed by atoms with Crippen LogP contribution >= 0.6 is 0 Å². The zero-order valence-electron chi connectivity index (χ0n) is 18.0. The van der Waals surface area contributed by atoms with E-state index in [-0.39, 0.29) is 11.5 Å². The minimum Gasteiger partial charge on any atom is -0.497 e. The largest absolute Gasteiger partial charge is 0.497 e. The molecule has 2 unspecified atom stereocenters. The van der Waals surface area contributed by atoms with Gasteiger partial charge in [-0.05, 0) is 68.6 Å². The Labute approximate surface area is 165 Å². The molecule has 1 saturated heterocycles. The summed E-state index contributed by atoms with van der Waals surface area (Å²) in [5.41, 5.74) is 1.11. The lowest BCUT2D eigenvalue weighted by molar-refractivity contribution is -0.130. The quantitative estimate of drug-likeness (QED) is 0.648. The second kappa shape index (κ2) is 9.59. The SMILES string of the molecule is COc1ccc(CN(CCC(C(C)C)C2CCOC(C)(C)C2)C(C)=O)cc1. The van der Waals surface area contributed by atoms with Crippen LogP contribution in [-0.2, 0) is 16.1 Å². The summed E-state index contributed by atoms with van der Waals surface area (Å²) in [6.07, 6.45) is 3.29. The summed E-state index contributed by atoms with van der Waals surface area (Å²) in [6, 6.07) is 7.98. The lowest BCUT2D eigenvalue weighted by Gasteiger charge is -2.41. The number of carbonyl (C=O) groups excluding carboxylic acids is 1. The normalized spacial score (nSPS) is 20.3. The summed E-state index contributed by atoms with van der Waals surface area (Å²) in [5.74, 6) is 2.88. The van der Waals surface area contributed by atoms with Crippen molar-refractivity contribution in [2.75, 3.05) is 20.3 Å². The molecule has 0 radical (unpaired) electrons. The third kappa shape index (κ3) is 6.53. The van der Waals surface area contributed by atoms with Gasteiger partial charge in [-0.3, -0.25) is 4.79 Å². The van der Waals surface area contributed by atoms with Gasteiger partial charge in [0.2, 0.25) is 5.91 Å². The summed E-state index contributed by atoms with van der Waals surface area (Å²) >= 11 is 0. The topological polar surface area (TPSA) is 38.8 Å². The Morgan fingerprint density at radius 1 is 1.30 bits per heavy atom. The van der Waals surface area contributed by atoms with Gasteiger partial charge in [-0.1, -0.05) is 26.0 Å². The van der Waals surface area contributed by atoms with E-state index in [9.17, 15) is 4.79 Å². The molecule has 0 aromatic heterocycles. The van der Waals surface area contributed by atoms with Gasteiger partial charge in [-0.2, -0.15) is 0 Å². The van der Waals surface area contributed by atoms with Crippen LogP contribution < -0.4 is 4.74 Å². The molecule has 0 bridgehead atoms.